The van der Waals surface area contributed by atoms with Gasteiger partial charge in [0.25, 0.3) is 0 Å². The molecule has 18 heavy (non-hydrogen) atoms. The molecule has 0 saturated carbocycles. The number of rotatable bonds is 3. The maximum atomic E-state index is 11.1. The summed E-state index contributed by atoms with van der Waals surface area (Å²) in [5.41, 5.74) is 0.952. The van der Waals surface area contributed by atoms with Gasteiger partial charge >= 0.3 is 5.97 Å². The van der Waals surface area contributed by atoms with Gasteiger partial charge in [-0.05, 0) is 19.3 Å². The lowest BCUT2D eigenvalue weighted by atomic mass is 9.88. The molecule has 1 aromatic rings. The molecule has 1 N–H and O–H groups in total. The fourth-order valence-corrected chi connectivity index (χ4v) is 2.02. The molecule has 0 fully saturated rings. The van der Waals surface area contributed by atoms with Crippen molar-refractivity contribution in [2.24, 2.45) is 5.41 Å². The first-order valence-corrected chi connectivity index (χ1v) is 5.79. The van der Waals surface area contributed by atoms with Crippen LogP contribution >= 0.6 is 0 Å². The summed E-state index contributed by atoms with van der Waals surface area (Å²) >= 11 is 0. The smallest absolute Gasteiger partial charge is 0.339 e. The van der Waals surface area contributed by atoms with Crippen molar-refractivity contribution in [3.63, 3.8) is 0 Å². The van der Waals surface area contributed by atoms with Crippen LogP contribution in [0, 0.1) is 19.3 Å². The Kier molecular flexibility index (Phi) is 4.06. The van der Waals surface area contributed by atoms with E-state index < -0.39 is 5.97 Å². The summed E-state index contributed by atoms with van der Waals surface area (Å²) in [7, 11) is 1.61. The van der Waals surface area contributed by atoms with Crippen LogP contribution in [-0.2, 0) is 4.74 Å². The average molecular weight is 252 g/mol. The Labute approximate surface area is 107 Å². The highest BCUT2D eigenvalue weighted by Gasteiger charge is 2.30. The highest BCUT2D eigenvalue weighted by atomic mass is 16.5. The van der Waals surface area contributed by atoms with E-state index in [2.05, 4.69) is 9.97 Å². The lowest BCUT2D eigenvalue weighted by Crippen LogP contribution is -2.24. The molecule has 1 rings (SSSR count). The van der Waals surface area contributed by atoms with Crippen LogP contribution in [0.25, 0.3) is 0 Å². The fraction of sp³-hybridized carbons (Fsp3) is 0.615. The van der Waals surface area contributed by atoms with Crippen molar-refractivity contribution < 1.29 is 14.6 Å². The third-order valence-electron chi connectivity index (χ3n) is 2.76. The average Bonchev–Trinajstić information content (AvgIpc) is 2.13. The van der Waals surface area contributed by atoms with Gasteiger partial charge in [0.1, 0.15) is 11.7 Å². The number of aromatic carboxylic acids is 1. The number of ether oxygens (including phenoxy) is 1. The summed E-state index contributed by atoms with van der Waals surface area (Å²) in [6.07, 6.45) is -0.266. The molecule has 0 radical (unpaired) electrons. The van der Waals surface area contributed by atoms with Crippen molar-refractivity contribution in [2.75, 3.05) is 7.11 Å². The molecule has 0 aliphatic heterocycles. The van der Waals surface area contributed by atoms with Gasteiger partial charge in [0.05, 0.1) is 11.4 Å². The van der Waals surface area contributed by atoms with Gasteiger partial charge in [0.15, 0.2) is 5.82 Å². The Bertz CT molecular complexity index is 441. The van der Waals surface area contributed by atoms with Crippen LogP contribution in [-0.4, -0.2) is 28.2 Å². The Morgan fingerprint density at radius 3 is 1.94 bits per heavy atom. The first-order chi connectivity index (χ1) is 8.18. The Morgan fingerprint density at radius 2 is 1.67 bits per heavy atom. The molecule has 5 nitrogen and oxygen atoms in total. The van der Waals surface area contributed by atoms with Crippen LogP contribution < -0.4 is 0 Å². The van der Waals surface area contributed by atoms with E-state index in [-0.39, 0.29) is 17.1 Å². The van der Waals surface area contributed by atoms with Gasteiger partial charge in [-0.25, -0.2) is 14.8 Å². The molecular formula is C13H20N2O3. The number of aryl methyl sites for hydroxylation is 2. The second-order valence-electron chi connectivity index (χ2n) is 5.41. The van der Waals surface area contributed by atoms with E-state index in [1.54, 1.807) is 21.0 Å². The summed E-state index contributed by atoms with van der Waals surface area (Å²) < 4.78 is 5.44. The second kappa shape index (κ2) is 5.02. The minimum Gasteiger partial charge on any atom is -0.478 e. The van der Waals surface area contributed by atoms with Crippen molar-refractivity contribution >= 4 is 5.97 Å². The molecule has 0 bridgehead atoms. The molecule has 1 heterocycles. The lowest BCUT2D eigenvalue weighted by molar-refractivity contribution is 0.00837. The van der Waals surface area contributed by atoms with Crippen molar-refractivity contribution in [3.8, 4) is 0 Å². The molecule has 0 aromatic carbocycles. The summed E-state index contributed by atoms with van der Waals surface area (Å²) in [5.74, 6) is -0.466. The van der Waals surface area contributed by atoms with Crippen molar-refractivity contribution in [1.82, 2.24) is 9.97 Å². The van der Waals surface area contributed by atoms with Crippen molar-refractivity contribution in [3.05, 3.63) is 22.8 Å². The van der Waals surface area contributed by atoms with Crippen LogP contribution in [0.1, 0.15) is 54.4 Å². The zero-order valence-corrected chi connectivity index (χ0v) is 11.7. The first-order valence-electron chi connectivity index (χ1n) is 5.79. The van der Waals surface area contributed by atoms with Crippen LogP contribution in [0.4, 0.5) is 0 Å². The fourth-order valence-electron chi connectivity index (χ4n) is 2.02. The maximum absolute atomic E-state index is 11.1. The van der Waals surface area contributed by atoms with Gasteiger partial charge in [-0.3, -0.25) is 0 Å². The van der Waals surface area contributed by atoms with Crippen molar-refractivity contribution in [2.45, 2.75) is 40.7 Å². The second-order valence-corrected chi connectivity index (χ2v) is 5.41. The van der Waals surface area contributed by atoms with Crippen LogP contribution in [0.2, 0.25) is 0 Å². The van der Waals surface area contributed by atoms with Crippen LogP contribution in [0.15, 0.2) is 0 Å². The number of nitrogens with zero attached hydrogens (tertiary/aromatic N) is 2. The third-order valence-corrected chi connectivity index (χ3v) is 2.76. The number of carboxylic acids is 1. The van der Waals surface area contributed by atoms with Gasteiger partial charge in [0, 0.05) is 7.11 Å². The highest BCUT2D eigenvalue weighted by molar-refractivity contribution is 5.89. The number of carbonyl (C=O) groups is 1. The van der Waals surface area contributed by atoms with E-state index in [0.29, 0.717) is 17.2 Å². The third kappa shape index (κ3) is 2.85. The SMILES string of the molecule is COC(c1nc(C)c(C(=O)O)c(C)n1)C(C)(C)C. The molecule has 0 aliphatic rings. The first kappa shape index (κ1) is 14.6. The Morgan fingerprint density at radius 1 is 1.22 bits per heavy atom. The Hall–Kier alpha value is -1.49. The van der Waals surface area contributed by atoms with Crippen LogP contribution in [0.5, 0.6) is 0 Å². The topological polar surface area (TPSA) is 72.3 Å². The quantitative estimate of drug-likeness (QED) is 0.894. The standard InChI is InChI=1S/C13H20N2O3/c1-7-9(12(16)17)8(2)15-11(14-7)10(18-6)13(3,4)5/h10H,1-6H3,(H,16,17). The Balaban J connectivity index is 3.33. The number of aromatic nitrogens is 2. The monoisotopic (exact) mass is 252 g/mol. The number of hydrogen-bond donors (Lipinski definition) is 1. The predicted octanol–water partition coefficient (Wildman–Crippen LogP) is 2.53. The molecule has 0 saturated heterocycles. The minimum absolute atomic E-state index is 0.154. The van der Waals surface area contributed by atoms with E-state index in [1.807, 2.05) is 20.8 Å². The van der Waals surface area contributed by atoms with E-state index in [4.69, 9.17) is 9.84 Å². The molecule has 5 heteroatoms. The zero-order valence-electron chi connectivity index (χ0n) is 11.7. The van der Waals surface area contributed by atoms with Gasteiger partial charge < -0.3 is 9.84 Å². The molecular weight excluding hydrogens is 232 g/mol. The van der Waals surface area contributed by atoms with E-state index in [9.17, 15) is 4.79 Å². The molecule has 0 spiro atoms. The summed E-state index contributed by atoms with van der Waals surface area (Å²) in [4.78, 5) is 19.6. The molecule has 1 unspecified atom stereocenters. The lowest BCUT2D eigenvalue weighted by Gasteiger charge is -2.28. The summed E-state index contributed by atoms with van der Waals surface area (Å²) in [5, 5.41) is 9.08. The summed E-state index contributed by atoms with van der Waals surface area (Å²) in [6.45, 7) is 9.44. The van der Waals surface area contributed by atoms with E-state index >= 15 is 0 Å². The maximum Gasteiger partial charge on any atom is 0.339 e. The predicted molar refractivity (Wildman–Crippen MR) is 67.7 cm³/mol. The number of carboxylic acid groups (broad SMARTS) is 1. The van der Waals surface area contributed by atoms with E-state index in [1.165, 1.54) is 0 Å². The van der Waals surface area contributed by atoms with Crippen molar-refractivity contribution in [1.29, 1.82) is 0 Å². The molecule has 0 amide bonds. The van der Waals surface area contributed by atoms with E-state index in [0.717, 1.165) is 0 Å². The van der Waals surface area contributed by atoms with Gasteiger partial charge in [-0.2, -0.15) is 0 Å². The highest BCUT2D eigenvalue weighted by Crippen LogP contribution is 2.34. The van der Waals surface area contributed by atoms with Gasteiger partial charge in [-0.15, -0.1) is 0 Å². The molecule has 1 atom stereocenters. The van der Waals surface area contributed by atoms with Crippen LogP contribution in [0.3, 0.4) is 0 Å². The number of hydrogen-bond acceptors (Lipinski definition) is 4. The minimum atomic E-state index is -0.999. The summed E-state index contributed by atoms with van der Waals surface area (Å²) in [6, 6.07) is 0. The molecule has 0 aliphatic carbocycles. The van der Waals surface area contributed by atoms with Gasteiger partial charge in [-0.1, -0.05) is 20.8 Å². The zero-order chi connectivity index (χ0) is 14.1. The normalized spacial score (nSPS) is 13.4. The number of methoxy groups -OCH3 is 1. The molecule has 100 valence electrons. The largest absolute Gasteiger partial charge is 0.478 e. The molecule has 1 aromatic heterocycles. The van der Waals surface area contributed by atoms with Gasteiger partial charge in [0.2, 0.25) is 0 Å².